The molecule has 3 N–H and O–H groups in total. The molecule has 102 valence electrons. The van der Waals surface area contributed by atoms with Crippen LogP contribution in [0, 0.1) is 0 Å². The predicted octanol–water partition coefficient (Wildman–Crippen LogP) is 1.76. The molecule has 1 atom stereocenters. The Kier molecular flexibility index (Phi) is 4.19. The lowest BCUT2D eigenvalue weighted by atomic mass is 10.0. The van der Waals surface area contributed by atoms with E-state index in [1.54, 1.807) is 6.33 Å². The van der Waals surface area contributed by atoms with E-state index in [2.05, 4.69) is 10.4 Å². The van der Waals surface area contributed by atoms with Gasteiger partial charge in [0.05, 0.1) is 24.2 Å². The lowest BCUT2D eigenvalue weighted by Crippen LogP contribution is -2.29. The lowest BCUT2D eigenvalue weighted by Gasteiger charge is -2.15. The van der Waals surface area contributed by atoms with Crippen molar-refractivity contribution in [3.63, 3.8) is 0 Å². The monoisotopic (exact) mass is 260 g/mol. The zero-order valence-electron chi connectivity index (χ0n) is 11.5. The average Bonchev–Trinajstić information content (AvgIpc) is 2.78. The Morgan fingerprint density at radius 3 is 2.42 bits per heavy atom. The van der Waals surface area contributed by atoms with Gasteiger partial charge in [-0.3, -0.25) is 5.84 Å². The van der Waals surface area contributed by atoms with E-state index < -0.39 is 0 Å². The van der Waals surface area contributed by atoms with Crippen LogP contribution < -0.4 is 16.0 Å². The van der Waals surface area contributed by atoms with Crippen LogP contribution in [0.4, 0.5) is 0 Å². The van der Waals surface area contributed by atoms with Crippen molar-refractivity contribution >= 4 is 0 Å². The standard InChI is InChI=1S/C14H20N4O/c1-10(2)19-12-6-4-11(5-7-12)14(17-15)13-8-18(3)9-16-13/h4-10,14,17H,15H2,1-3H3. The number of aromatic nitrogens is 2. The summed E-state index contributed by atoms with van der Waals surface area (Å²) in [6, 6.07) is 7.77. The van der Waals surface area contributed by atoms with Crippen LogP contribution in [0.2, 0.25) is 0 Å². The molecule has 2 rings (SSSR count). The van der Waals surface area contributed by atoms with Gasteiger partial charge in [-0.2, -0.15) is 0 Å². The number of imidazole rings is 1. The van der Waals surface area contributed by atoms with Gasteiger partial charge < -0.3 is 9.30 Å². The molecular weight excluding hydrogens is 240 g/mol. The van der Waals surface area contributed by atoms with Gasteiger partial charge in [-0.1, -0.05) is 12.1 Å². The van der Waals surface area contributed by atoms with Gasteiger partial charge in [-0.15, -0.1) is 0 Å². The number of rotatable bonds is 5. The summed E-state index contributed by atoms with van der Waals surface area (Å²) in [6.45, 7) is 4.01. The fourth-order valence-electron chi connectivity index (χ4n) is 1.95. The SMILES string of the molecule is CC(C)Oc1ccc(C(NN)c2cn(C)cn2)cc1. The van der Waals surface area contributed by atoms with Crippen LogP contribution in [-0.4, -0.2) is 15.7 Å². The maximum Gasteiger partial charge on any atom is 0.119 e. The first kappa shape index (κ1) is 13.6. The highest BCUT2D eigenvalue weighted by molar-refractivity contribution is 5.32. The quantitative estimate of drug-likeness (QED) is 0.635. The Balaban J connectivity index is 2.19. The average molecular weight is 260 g/mol. The molecule has 1 aromatic carbocycles. The Labute approximate surface area is 113 Å². The van der Waals surface area contributed by atoms with Crippen molar-refractivity contribution in [1.82, 2.24) is 15.0 Å². The Morgan fingerprint density at radius 2 is 1.95 bits per heavy atom. The molecule has 5 heteroatoms. The molecule has 19 heavy (non-hydrogen) atoms. The van der Waals surface area contributed by atoms with Crippen molar-refractivity contribution in [2.45, 2.75) is 26.0 Å². The molecule has 0 saturated heterocycles. The molecule has 0 radical (unpaired) electrons. The fraction of sp³-hybridized carbons (Fsp3) is 0.357. The van der Waals surface area contributed by atoms with Crippen molar-refractivity contribution in [1.29, 1.82) is 0 Å². The molecule has 0 spiro atoms. The van der Waals surface area contributed by atoms with Crippen LogP contribution in [0.25, 0.3) is 0 Å². The first-order chi connectivity index (χ1) is 9.10. The fourth-order valence-corrected chi connectivity index (χ4v) is 1.95. The van der Waals surface area contributed by atoms with Crippen LogP contribution in [0.3, 0.4) is 0 Å². The third-order valence-electron chi connectivity index (χ3n) is 2.77. The minimum Gasteiger partial charge on any atom is -0.491 e. The second-order valence-electron chi connectivity index (χ2n) is 4.80. The van der Waals surface area contributed by atoms with E-state index in [0.29, 0.717) is 0 Å². The normalized spacial score (nSPS) is 12.7. The molecule has 0 amide bonds. The summed E-state index contributed by atoms with van der Waals surface area (Å²) in [5.41, 5.74) is 4.74. The summed E-state index contributed by atoms with van der Waals surface area (Å²) < 4.78 is 7.52. The van der Waals surface area contributed by atoms with E-state index >= 15 is 0 Å². The minimum absolute atomic E-state index is 0.116. The molecule has 1 aromatic heterocycles. The minimum atomic E-state index is -0.116. The number of nitrogens with two attached hydrogens (primary N) is 1. The maximum atomic E-state index is 5.63. The van der Waals surface area contributed by atoms with Crippen LogP contribution in [-0.2, 0) is 7.05 Å². The van der Waals surface area contributed by atoms with E-state index in [4.69, 9.17) is 10.6 Å². The van der Waals surface area contributed by atoms with Gasteiger partial charge in [-0.25, -0.2) is 10.4 Å². The molecule has 2 aromatic rings. The Bertz CT molecular complexity index is 518. The highest BCUT2D eigenvalue weighted by Crippen LogP contribution is 2.22. The van der Waals surface area contributed by atoms with Crippen molar-refractivity contribution in [3.8, 4) is 5.75 Å². The molecule has 5 nitrogen and oxygen atoms in total. The molecule has 1 unspecified atom stereocenters. The van der Waals surface area contributed by atoms with Crippen LogP contribution in [0.1, 0.15) is 31.1 Å². The summed E-state index contributed by atoms with van der Waals surface area (Å²) in [7, 11) is 1.93. The number of aryl methyl sites for hydroxylation is 1. The zero-order valence-corrected chi connectivity index (χ0v) is 11.5. The molecular formula is C14H20N4O. The lowest BCUT2D eigenvalue weighted by molar-refractivity contribution is 0.242. The van der Waals surface area contributed by atoms with E-state index in [1.807, 2.05) is 55.9 Å². The van der Waals surface area contributed by atoms with E-state index in [1.165, 1.54) is 0 Å². The molecule has 0 bridgehead atoms. The summed E-state index contributed by atoms with van der Waals surface area (Å²) in [5, 5.41) is 0. The van der Waals surface area contributed by atoms with Crippen molar-refractivity contribution in [3.05, 3.63) is 48.0 Å². The van der Waals surface area contributed by atoms with Gasteiger partial charge in [0.1, 0.15) is 5.75 Å². The predicted molar refractivity (Wildman–Crippen MR) is 74.6 cm³/mol. The molecule has 0 aliphatic rings. The number of hydrogen-bond acceptors (Lipinski definition) is 4. The van der Waals surface area contributed by atoms with E-state index in [9.17, 15) is 0 Å². The van der Waals surface area contributed by atoms with Crippen LogP contribution >= 0.6 is 0 Å². The summed E-state index contributed by atoms with van der Waals surface area (Å²) in [4.78, 5) is 4.32. The van der Waals surface area contributed by atoms with Crippen molar-refractivity contribution in [2.75, 3.05) is 0 Å². The van der Waals surface area contributed by atoms with E-state index in [0.717, 1.165) is 17.0 Å². The van der Waals surface area contributed by atoms with Crippen LogP contribution in [0.15, 0.2) is 36.8 Å². The third-order valence-corrected chi connectivity index (χ3v) is 2.77. The summed E-state index contributed by atoms with van der Waals surface area (Å²) in [5.74, 6) is 6.49. The van der Waals surface area contributed by atoms with Crippen molar-refractivity contribution < 1.29 is 4.74 Å². The van der Waals surface area contributed by atoms with Gasteiger partial charge >= 0.3 is 0 Å². The smallest absolute Gasteiger partial charge is 0.119 e. The van der Waals surface area contributed by atoms with E-state index in [-0.39, 0.29) is 12.1 Å². The van der Waals surface area contributed by atoms with Gasteiger partial charge in [0.25, 0.3) is 0 Å². The maximum absolute atomic E-state index is 5.63. The number of ether oxygens (including phenoxy) is 1. The number of benzene rings is 1. The zero-order chi connectivity index (χ0) is 13.8. The Morgan fingerprint density at radius 1 is 1.26 bits per heavy atom. The van der Waals surface area contributed by atoms with Gasteiger partial charge in [0.2, 0.25) is 0 Å². The highest BCUT2D eigenvalue weighted by Gasteiger charge is 2.14. The third kappa shape index (κ3) is 3.33. The molecule has 0 saturated carbocycles. The van der Waals surface area contributed by atoms with Crippen molar-refractivity contribution in [2.24, 2.45) is 12.9 Å². The van der Waals surface area contributed by atoms with Gasteiger partial charge in [0, 0.05) is 13.2 Å². The number of hydrogen-bond donors (Lipinski definition) is 2. The highest BCUT2D eigenvalue weighted by atomic mass is 16.5. The number of hydrazine groups is 1. The summed E-state index contributed by atoms with van der Waals surface area (Å²) in [6.07, 6.45) is 3.88. The number of nitrogens with one attached hydrogen (secondary N) is 1. The molecule has 0 aliphatic heterocycles. The second-order valence-corrected chi connectivity index (χ2v) is 4.80. The first-order valence-electron chi connectivity index (χ1n) is 6.30. The largest absolute Gasteiger partial charge is 0.491 e. The topological polar surface area (TPSA) is 65.1 Å². The second kappa shape index (κ2) is 5.86. The number of nitrogens with zero attached hydrogens (tertiary/aromatic N) is 2. The Hall–Kier alpha value is -1.85. The molecule has 0 aliphatic carbocycles. The van der Waals surface area contributed by atoms with Gasteiger partial charge in [0.15, 0.2) is 0 Å². The summed E-state index contributed by atoms with van der Waals surface area (Å²) >= 11 is 0. The molecule has 1 heterocycles. The first-order valence-corrected chi connectivity index (χ1v) is 6.30. The van der Waals surface area contributed by atoms with Gasteiger partial charge in [-0.05, 0) is 31.5 Å². The molecule has 0 fully saturated rings. The van der Waals surface area contributed by atoms with Crippen LogP contribution in [0.5, 0.6) is 5.75 Å².